The molecule has 0 bridgehead atoms. The summed E-state index contributed by atoms with van der Waals surface area (Å²) in [6.45, 7) is 3.20. The van der Waals surface area contributed by atoms with Crippen molar-refractivity contribution in [3.05, 3.63) is 17.6 Å². The Morgan fingerprint density at radius 1 is 1.00 bits per heavy atom. The van der Waals surface area contributed by atoms with E-state index in [1.165, 1.54) is 57.1 Å². The van der Waals surface area contributed by atoms with Gasteiger partial charge in [0.25, 0.3) is 0 Å². The Bertz CT molecular complexity index is 398. The first-order chi connectivity index (χ1) is 9.86. The molecule has 0 unspecified atom stereocenters. The van der Waals surface area contributed by atoms with Gasteiger partial charge in [-0.3, -0.25) is 0 Å². The number of anilines is 1. The maximum atomic E-state index is 4.95. The monoisotopic (exact) mass is 273 g/mol. The second-order valence-electron chi connectivity index (χ2n) is 6.43. The van der Waals surface area contributed by atoms with Crippen LogP contribution in [0.5, 0.6) is 0 Å². The SMILES string of the molecule is CCCNc1cc(C2CCCC2)nc(C2CCCC2)n1. The molecule has 0 radical (unpaired) electrons. The van der Waals surface area contributed by atoms with E-state index in [0.717, 1.165) is 24.6 Å². The van der Waals surface area contributed by atoms with E-state index < -0.39 is 0 Å². The van der Waals surface area contributed by atoms with E-state index in [2.05, 4.69) is 18.3 Å². The highest BCUT2D eigenvalue weighted by molar-refractivity contribution is 5.38. The minimum absolute atomic E-state index is 0.610. The van der Waals surface area contributed by atoms with E-state index in [4.69, 9.17) is 9.97 Å². The number of nitrogens with one attached hydrogen (secondary N) is 1. The number of hydrogen-bond donors (Lipinski definition) is 1. The first-order valence-corrected chi connectivity index (χ1v) is 8.49. The average molecular weight is 273 g/mol. The first kappa shape index (κ1) is 13.8. The minimum atomic E-state index is 0.610. The smallest absolute Gasteiger partial charge is 0.134 e. The van der Waals surface area contributed by atoms with Crippen molar-refractivity contribution in [2.75, 3.05) is 11.9 Å². The summed E-state index contributed by atoms with van der Waals surface area (Å²) in [5.74, 6) is 3.47. The summed E-state index contributed by atoms with van der Waals surface area (Å²) in [5.41, 5.74) is 1.30. The molecule has 0 amide bonds. The van der Waals surface area contributed by atoms with Gasteiger partial charge in [0.1, 0.15) is 11.6 Å². The summed E-state index contributed by atoms with van der Waals surface area (Å²) in [6, 6.07) is 2.21. The molecule has 3 nitrogen and oxygen atoms in total. The molecular formula is C17H27N3. The molecule has 0 atom stereocenters. The topological polar surface area (TPSA) is 37.8 Å². The second kappa shape index (κ2) is 6.55. The van der Waals surface area contributed by atoms with Crippen LogP contribution in [0.3, 0.4) is 0 Å². The molecule has 0 spiro atoms. The zero-order chi connectivity index (χ0) is 13.8. The van der Waals surface area contributed by atoms with Gasteiger partial charge in [-0.1, -0.05) is 32.6 Å². The lowest BCUT2D eigenvalue weighted by atomic mass is 10.0. The predicted molar refractivity (Wildman–Crippen MR) is 83.2 cm³/mol. The highest BCUT2D eigenvalue weighted by atomic mass is 15.0. The lowest BCUT2D eigenvalue weighted by Crippen LogP contribution is -2.10. The van der Waals surface area contributed by atoms with E-state index in [9.17, 15) is 0 Å². The lowest BCUT2D eigenvalue weighted by molar-refractivity contribution is 0.634. The van der Waals surface area contributed by atoms with Crippen LogP contribution >= 0.6 is 0 Å². The van der Waals surface area contributed by atoms with E-state index in [-0.39, 0.29) is 0 Å². The van der Waals surface area contributed by atoms with Gasteiger partial charge in [-0.2, -0.15) is 0 Å². The van der Waals surface area contributed by atoms with Crippen LogP contribution in [-0.4, -0.2) is 16.5 Å². The summed E-state index contributed by atoms with van der Waals surface area (Å²) in [5, 5.41) is 3.47. The molecule has 3 rings (SSSR count). The Kier molecular flexibility index (Phi) is 4.54. The van der Waals surface area contributed by atoms with Crippen LogP contribution in [0.2, 0.25) is 0 Å². The maximum Gasteiger partial charge on any atom is 0.134 e. The second-order valence-corrected chi connectivity index (χ2v) is 6.43. The first-order valence-electron chi connectivity index (χ1n) is 8.49. The fraction of sp³-hybridized carbons (Fsp3) is 0.765. The Labute approximate surface area is 122 Å². The lowest BCUT2D eigenvalue weighted by Gasteiger charge is -2.16. The van der Waals surface area contributed by atoms with Crippen molar-refractivity contribution in [3.8, 4) is 0 Å². The molecule has 2 aliphatic rings. The van der Waals surface area contributed by atoms with Crippen molar-refractivity contribution in [1.82, 2.24) is 9.97 Å². The van der Waals surface area contributed by atoms with Gasteiger partial charge in [-0.15, -0.1) is 0 Å². The Hall–Kier alpha value is -1.12. The van der Waals surface area contributed by atoms with Gasteiger partial charge in [-0.05, 0) is 32.1 Å². The van der Waals surface area contributed by atoms with E-state index in [1.807, 2.05) is 0 Å². The highest BCUT2D eigenvalue weighted by Crippen LogP contribution is 2.37. The zero-order valence-corrected chi connectivity index (χ0v) is 12.7. The average Bonchev–Trinajstić information content (AvgIpc) is 3.17. The molecule has 1 aromatic heterocycles. The normalized spacial score (nSPS) is 20.6. The molecule has 0 saturated heterocycles. The molecule has 2 aliphatic carbocycles. The molecule has 1 N–H and O–H groups in total. The predicted octanol–water partition coefficient (Wildman–Crippen LogP) is 4.61. The molecule has 0 aromatic carbocycles. The molecule has 0 aliphatic heterocycles. The van der Waals surface area contributed by atoms with Crippen LogP contribution in [0, 0.1) is 0 Å². The van der Waals surface area contributed by atoms with Crippen molar-refractivity contribution in [3.63, 3.8) is 0 Å². The molecule has 3 heteroatoms. The largest absolute Gasteiger partial charge is 0.370 e. The molecule has 1 aromatic rings. The van der Waals surface area contributed by atoms with Gasteiger partial charge in [-0.25, -0.2) is 9.97 Å². The van der Waals surface area contributed by atoms with Gasteiger partial charge >= 0.3 is 0 Å². The summed E-state index contributed by atoms with van der Waals surface area (Å²) in [6.07, 6.45) is 11.8. The molecule has 2 fully saturated rings. The molecule has 2 saturated carbocycles. The van der Waals surface area contributed by atoms with E-state index >= 15 is 0 Å². The summed E-state index contributed by atoms with van der Waals surface area (Å²) in [4.78, 5) is 9.76. The minimum Gasteiger partial charge on any atom is -0.370 e. The number of aromatic nitrogens is 2. The number of nitrogens with zero attached hydrogens (tertiary/aromatic N) is 2. The fourth-order valence-electron chi connectivity index (χ4n) is 3.63. The van der Waals surface area contributed by atoms with Crippen LogP contribution in [0.1, 0.15) is 88.1 Å². The van der Waals surface area contributed by atoms with Crippen LogP contribution in [0.15, 0.2) is 6.07 Å². The van der Waals surface area contributed by atoms with E-state index in [0.29, 0.717) is 11.8 Å². The third-order valence-electron chi connectivity index (χ3n) is 4.81. The van der Waals surface area contributed by atoms with Crippen molar-refractivity contribution in [2.24, 2.45) is 0 Å². The third-order valence-corrected chi connectivity index (χ3v) is 4.81. The standard InChI is InChI=1S/C17H27N3/c1-2-11-18-16-12-15(13-7-3-4-8-13)19-17(20-16)14-9-5-6-10-14/h12-14H,2-11H2,1H3,(H,18,19,20). The molecule has 110 valence electrons. The van der Waals surface area contributed by atoms with Gasteiger partial charge in [0.2, 0.25) is 0 Å². The van der Waals surface area contributed by atoms with Gasteiger partial charge in [0.15, 0.2) is 0 Å². The van der Waals surface area contributed by atoms with Crippen molar-refractivity contribution in [1.29, 1.82) is 0 Å². The van der Waals surface area contributed by atoms with Crippen molar-refractivity contribution < 1.29 is 0 Å². The zero-order valence-electron chi connectivity index (χ0n) is 12.7. The van der Waals surface area contributed by atoms with Crippen molar-refractivity contribution >= 4 is 5.82 Å². The van der Waals surface area contributed by atoms with Gasteiger partial charge < -0.3 is 5.32 Å². The number of rotatable bonds is 5. The quantitative estimate of drug-likeness (QED) is 0.851. The maximum absolute atomic E-state index is 4.95. The summed E-state index contributed by atoms with van der Waals surface area (Å²) < 4.78 is 0. The Balaban J connectivity index is 1.85. The van der Waals surface area contributed by atoms with Crippen LogP contribution in [0.4, 0.5) is 5.82 Å². The van der Waals surface area contributed by atoms with Gasteiger partial charge in [0.05, 0.1) is 0 Å². The Morgan fingerprint density at radius 2 is 1.65 bits per heavy atom. The fourth-order valence-corrected chi connectivity index (χ4v) is 3.63. The van der Waals surface area contributed by atoms with Gasteiger partial charge in [0, 0.05) is 30.1 Å². The highest BCUT2D eigenvalue weighted by Gasteiger charge is 2.24. The van der Waals surface area contributed by atoms with Crippen LogP contribution < -0.4 is 5.32 Å². The summed E-state index contributed by atoms with van der Waals surface area (Å²) in [7, 11) is 0. The molecule has 20 heavy (non-hydrogen) atoms. The van der Waals surface area contributed by atoms with Crippen LogP contribution in [0.25, 0.3) is 0 Å². The summed E-state index contributed by atoms with van der Waals surface area (Å²) >= 11 is 0. The third kappa shape index (κ3) is 3.13. The number of hydrogen-bond acceptors (Lipinski definition) is 3. The van der Waals surface area contributed by atoms with Crippen molar-refractivity contribution in [2.45, 2.75) is 76.5 Å². The molecule has 1 heterocycles. The Morgan fingerprint density at radius 3 is 2.30 bits per heavy atom. The van der Waals surface area contributed by atoms with E-state index in [1.54, 1.807) is 0 Å². The van der Waals surface area contributed by atoms with Crippen LogP contribution in [-0.2, 0) is 0 Å². The molecular weight excluding hydrogens is 246 g/mol.